The fourth-order valence-corrected chi connectivity index (χ4v) is 2.76. The Labute approximate surface area is 87.7 Å². The molecular formula is C13H21N. The van der Waals surface area contributed by atoms with Crippen molar-refractivity contribution < 1.29 is 0 Å². The summed E-state index contributed by atoms with van der Waals surface area (Å²) in [4.78, 5) is 0. The van der Waals surface area contributed by atoms with Crippen molar-refractivity contribution in [3.8, 4) is 12.3 Å². The smallest absolute Gasteiger partial charge is 0.0211 e. The molecule has 0 radical (unpaired) electrons. The first kappa shape index (κ1) is 10.1. The van der Waals surface area contributed by atoms with Gasteiger partial charge in [0.25, 0.3) is 0 Å². The first-order valence-corrected chi connectivity index (χ1v) is 6.07. The molecule has 0 spiro atoms. The van der Waals surface area contributed by atoms with Crippen LogP contribution >= 0.6 is 0 Å². The largest absolute Gasteiger partial charge is 0.313 e. The third-order valence-electron chi connectivity index (χ3n) is 3.71. The van der Waals surface area contributed by atoms with E-state index in [2.05, 4.69) is 11.2 Å². The zero-order chi connectivity index (χ0) is 9.80. The van der Waals surface area contributed by atoms with Crippen LogP contribution in [-0.4, -0.2) is 12.6 Å². The quantitative estimate of drug-likeness (QED) is 0.532. The second-order valence-electron chi connectivity index (χ2n) is 4.87. The molecular weight excluding hydrogens is 170 g/mol. The van der Waals surface area contributed by atoms with Crippen molar-refractivity contribution in [2.24, 2.45) is 11.8 Å². The van der Waals surface area contributed by atoms with Crippen molar-refractivity contribution in [3.63, 3.8) is 0 Å². The van der Waals surface area contributed by atoms with E-state index in [1.54, 1.807) is 0 Å². The van der Waals surface area contributed by atoms with Crippen molar-refractivity contribution >= 4 is 0 Å². The van der Waals surface area contributed by atoms with Crippen LogP contribution in [0.5, 0.6) is 0 Å². The number of nitrogens with one attached hydrogen (secondary N) is 1. The molecule has 2 fully saturated rings. The van der Waals surface area contributed by atoms with E-state index in [9.17, 15) is 0 Å². The minimum atomic E-state index is 0.766. The number of terminal acetylenes is 1. The Bertz CT molecular complexity index is 212. The zero-order valence-corrected chi connectivity index (χ0v) is 8.97. The van der Waals surface area contributed by atoms with Crippen molar-refractivity contribution in [3.05, 3.63) is 0 Å². The van der Waals surface area contributed by atoms with E-state index < -0.39 is 0 Å². The summed E-state index contributed by atoms with van der Waals surface area (Å²) >= 11 is 0. The summed E-state index contributed by atoms with van der Waals surface area (Å²) in [6.07, 6.45) is 14.8. The molecule has 0 heterocycles. The van der Waals surface area contributed by atoms with Gasteiger partial charge in [0.15, 0.2) is 0 Å². The number of hydrogen-bond donors (Lipinski definition) is 1. The Morgan fingerprint density at radius 1 is 1.14 bits per heavy atom. The lowest BCUT2D eigenvalue weighted by molar-refractivity contribution is 0.262. The predicted octanol–water partition coefficient (Wildman–Crippen LogP) is 2.57. The Balaban J connectivity index is 1.68. The van der Waals surface area contributed by atoms with Crippen LogP contribution in [0.2, 0.25) is 0 Å². The minimum absolute atomic E-state index is 0.766. The Morgan fingerprint density at radius 2 is 2.00 bits per heavy atom. The van der Waals surface area contributed by atoms with Gasteiger partial charge in [-0.15, -0.1) is 12.3 Å². The van der Waals surface area contributed by atoms with Crippen molar-refractivity contribution in [1.82, 2.24) is 5.32 Å². The average molecular weight is 191 g/mol. The molecule has 2 aliphatic rings. The monoisotopic (exact) mass is 191 g/mol. The van der Waals surface area contributed by atoms with Crippen LogP contribution in [0.4, 0.5) is 0 Å². The molecule has 1 N–H and O–H groups in total. The molecule has 14 heavy (non-hydrogen) atoms. The van der Waals surface area contributed by atoms with E-state index in [0.29, 0.717) is 0 Å². The summed E-state index contributed by atoms with van der Waals surface area (Å²) < 4.78 is 0. The molecule has 78 valence electrons. The Kier molecular flexibility index (Phi) is 3.48. The van der Waals surface area contributed by atoms with Crippen LogP contribution in [0.25, 0.3) is 0 Å². The van der Waals surface area contributed by atoms with Crippen LogP contribution in [0, 0.1) is 24.2 Å². The van der Waals surface area contributed by atoms with E-state index in [0.717, 1.165) is 30.8 Å². The van der Waals surface area contributed by atoms with Gasteiger partial charge < -0.3 is 5.32 Å². The van der Waals surface area contributed by atoms with Gasteiger partial charge in [-0.1, -0.05) is 12.8 Å². The molecule has 0 saturated heterocycles. The SMILES string of the molecule is C#CCCNC1CCCC(C2CC2)C1. The minimum Gasteiger partial charge on any atom is -0.313 e. The summed E-state index contributed by atoms with van der Waals surface area (Å²) in [7, 11) is 0. The second kappa shape index (κ2) is 4.84. The first-order chi connectivity index (χ1) is 6.90. The zero-order valence-electron chi connectivity index (χ0n) is 8.97. The van der Waals surface area contributed by atoms with Gasteiger partial charge in [0, 0.05) is 19.0 Å². The van der Waals surface area contributed by atoms with Gasteiger partial charge in [0.05, 0.1) is 0 Å². The van der Waals surface area contributed by atoms with Crippen molar-refractivity contribution in [2.75, 3.05) is 6.54 Å². The highest BCUT2D eigenvalue weighted by Crippen LogP contribution is 2.43. The highest BCUT2D eigenvalue weighted by atomic mass is 14.9. The highest BCUT2D eigenvalue weighted by Gasteiger charge is 2.34. The predicted molar refractivity (Wildman–Crippen MR) is 59.9 cm³/mol. The van der Waals surface area contributed by atoms with E-state index in [4.69, 9.17) is 6.42 Å². The highest BCUT2D eigenvalue weighted by molar-refractivity contribution is 4.89. The third-order valence-corrected chi connectivity index (χ3v) is 3.71. The first-order valence-electron chi connectivity index (χ1n) is 6.07. The second-order valence-corrected chi connectivity index (χ2v) is 4.87. The molecule has 0 aromatic heterocycles. The van der Waals surface area contributed by atoms with Gasteiger partial charge in [0.2, 0.25) is 0 Å². The summed E-state index contributed by atoms with van der Waals surface area (Å²) in [6.45, 7) is 1.01. The molecule has 2 aliphatic carbocycles. The molecule has 1 heteroatoms. The molecule has 1 nitrogen and oxygen atoms in total. The van der Waals surface area contributed by atoms with Gasteiger partial charge in [-0.25, -0.2) is 0 Å². The average Bonchev–Trinajstić information content (AvgIpc) is 3.02. The van der Waals surface area contributed by atoms with Crippen molar-refractivity contribution in [1.29, 1.82) is 0 Å². The van der Waals surface area contributed by atoms with Crippen LogP contribution in [0.3, 0.4) is 0 Å². The lowest BCUT2D eigenvalue weighted by Gasteiger charge is -2.29. The maximum Gasteiger partial charge on any atom is 0.0211 e. The molecule has 0 amide bonds. The third kappa shape index (κ3) is 2.75. The van der Waals surface area contributed by atoms with Gasteiger partial charge in [0.1, 0.15) is 0 Å². The van der Waals surface area contributed by atoms with E-state index in [1.165, 1.54) is 38.5 Å². The lowest BCUT2D eigenvalue weighted by atomic mass is 9.83. The van der Waals surface area contributed by atoms with Crippen LogP contribution in [-0.2, 0) is 0 Å². The van der Waals surface area contributed by atoms with E-state index >= 15 is 0 Å². The number of hydrogen-bond acceptors (Lipinski definition) is 1. The molecule has 0 aromatic rings. The van der Waals surface area contributed by atoms with Gasteiger partial charge in [-0.2, -0.15) is 0 Å². The Morgan fingerprint density at radius 3 is 2.71 bits per heavy atom. The van der Waals surface area contributed by atoms with Gasteiger partial charge in [-0.05, 0) is 37.5 Å². The maximum atomic E-state index is 5.24. The fraction of sp³-hybridized carbons (Fsp3) is 0.846. The van der Waals surface area contributed by atoms with E-state index in [1.807, 2.05) is 0 Å². The molecule has 0 aliphatic heterocycles. The molecule has 0 bridgehead atoms. The maximum absolute atomic E-state index is 5.24. The Hall–Kier alpha value is -0.480. The summed E-state index contributed by atoms with van der Waals surface area (Å²) in [5, 5.41) is 3.59. The van der Waals surface area contributed by atoms with Gasteiger partial charge in [-0.3, -0.25) is 0 Å². The standard InChI is InChI=1S/C13H21N/c1-2-3-9-14-13-6-4-5-12(10-13)11-7-8-11/h1,11-14H,3-10H2. The molecule has 2 unspecified atom stereocenters. The van der Waals surface area contributed by atoms with Crippen LogP contribution in [0.1, 0.15) is 44.9 Å². The van der Waals surface area contributed by atoms with Gasteiger partial charge >= 0.3 is 0 Å². The van der Waals surface area contributed by atoms with Crippen LogP contribution < -0.4 is 5.32 Å². The number of rotatable bonds is 4. The lowest BCUT2D eigenvalue weighted by Crippen LogP contribution is -2.35. The molecule has 2 saturated carbocycles. The molecule has 0 aromatic carbocycles. The fourth-order valence-electron chi connectivity index (χ4n) is 2.76. The topological polar surface area (TPSA) is 12.0 Å². The normalized spacial score (nSPS) is 32.5. The van der Waals surface area contributed by atoms with Crippen molar-refractivity contribution in [2.45, 2.75) is 51.0 Å². The summed E-state index contributed by atoms with van der Waals surface area (Å²) in [5.41, 5.74) is 0. The van der Waals surface area contributed by atoms with Crippen LogP contribution in [0.15, 0.2) is 0 Å². The summed E-state index contributed by atoms with van der Waals surface area (Å²) in [6, 6.07) is 0.766. The van der Waals surface area contributed by atoms with E-state index in [-0.39, 0.29) is 0 Å². The summed E-state index contributed by atoms with van der Waals surface area (Å²) in [5.74, 6) is 4.82. The molecule has 2 atom stereocenters. The molecule has 2 rings (SSSR count).